The summed E-state index contributed by atoms with van der Waals surface area (Å²) in [6.07, 6.45) is 1.79. The predicted molar refractivity (Wildman–Crippen MR) is 104 cm³/mol. The van der Waals surface area contributed by atoms with Crippen molar-refractivity contribution in [3.8, 4) is 11.1 Å². The second kappa shape index (κ2) is 6.72. The average molecular weight is 361 g/mol. The van der Waals surface area contributed by atoms with Gasteiger partial charge in [-0.3, -0.25) is 14.7 Å². The molecule has 4 aromatic rings. The number of benzene rings is 2. The highest BCUT2D eigenvalue weighted by Gasteiger charge is 2.10. The van der Waals surface area contributed by atoms with Gasteiger partial charge in [0.1, 0.15) is 0 Å². The van der Waals surface area contributed by atoms with E-state index in [9.17, 15) is 9.59 Å². The minimum absolute atomic E-state index is 0.0468. The number of nitrogens with zero attached hydrogens (tertiary/aromatic N) is 2. The molecule has 6 heteroatoms. The number of aromatic amines is 1. The van der Waals surface area contributed by atoms with Gasteiger partial charge in [-0.15, -0.1) is 0 Å². The number of hydrogen-bond donors (Lipinski definition) is 2. The standard InChI is InChI=1S/C21H19N3O3/c1-13-18-10-15(4-6-19(18)23-22-13)16-3-2-14-8-9-24(20(14)11-16)12-17(25)5-7-21(26)27/h2-4,6,8-11H,5,7,12H2,1H3,(H,22,23)(H,26,27). The zero-order valence-electron chi connectivity index (χ0n) is 14.9. The van der Waals surface area contributed by atoms with Crippen molar-refractivity contribution in [3.63, 3.8) is 0 Å². The monoisotopic (exact) mass is 361 g/mol. The van der Waals surface area contributed by atoms with Gasteiger partial charge in [-0.25, -0.2) is 0 Å². The number of aliphatic carboxylic acids is 1. The van der Waals surface area contributed by atoms with Gasteiger partial charge >= 0.3 is 5.97 Å². The van der Waals surface area contributed by atoms with Crippen LogP contribution in [-0.2, 0) is 16.1 Å². The molecule has 0 aliphatic rings. The van der Waals surface area contributed by atoms with Crippen molar-refractivity contribution in [1.29, 1.82) is 0 Å². The quantitative estimate of drug-likeness (QED) is 0.545. The molecule has 0 aliphatic heterocycles. The maximum atomic E-state index is 12.1. The fourth-order valence-corrected chi connectivity index (χ4v) is 3.33. The summed E-state index contributed by atoms with van der Waals surface area (Å²) in [4.78, 5) is 22.7. The molecule has 0 amide bonds. The van der Waals surface area contributed by atoms with Crippen molar-refractivity contribution < 1.29 is 14.7 Å². The first-order chi connectivity index (χ1) is 13.0. The number of aryl methyl sites for hydroxylation is 1. The summed E-state index contributed by atoms with van der Waals surface area (Å²) in [6, 6.07) is 14.3. The molecule has 0 radical (unpaired) electrons. The lowest BCUT2D eigenvalue weighted by Crippen LogP contribution is -2.10. The van der Waals surface area contributed by atoms with Crippen LogP contribution in [0.2, 0.25) is 0 Å². The van der Waals surface area contributed by atoms with Gasteiger partial charge in [0.25, 0.3) is 0 Å². The van der Waals surface area contributed by atoms with Crippen molar-refractivity contribution >= 4 is 33.6 Å². The van der Waals surface area contributed by atoms with Gasteiger partial charge in [-0.05, 0) is 47.7 Å². The Morgan fingerprint density at radius 3 is 2.67 bits per heavy atom. The zero-order valence-corrected chi connectivity index (χ0v) is 14.9. The molecule has 0 bridgehead atoms. The Hall–Kier alpha value is -3.41. The fourth-order valence-electron chi connectivity index (χ4n) is 3.33. The number of carboxylic acids is 1. The van der Waals surface area contributed by atoms with Crippen LogP contribution in [-0.4, -0.2) is 31.6 Å². The first kappa shape index (κ1) is 17.0. The highest BCUT2D eigenvalue weighted by Crippen LogP contribution is 2.28. The van der Waals surface area contributed by atoms with E-state index in [1.54, 1.807) is 0 Å². The number of fused-ring (bicyclic) bond motifs is 2. The van der Waals surface area contributed by atoms with Crippen molar-refractivity contribution in [3.05, 3.63) is 54.4 Å². The first-order valence-corrected chi connectivity index (χ1v) is 8.79. The molecule has 2 aromatic carbocycles. The number of H-pyrrole nitrogens is 1. The Morgan fingerprint density at radius 2 is 1.85 bits per heavy atom. The second-order valence-electron chi connectivity index (χ2n) is 6.73. The third-order valence-corrected chi connectivity index (χ3v) is 4.82. The van der Waals surface area contributed by atoms with Crippen molar-refractivity contribution in [2.24, 2.45) is 0 Å². The fraction of sp³-hybridized carbons (Fsp3) is 0.190. The molecule has 0 saturated heterocycles. The third kappa shape index (κ3) is 3.33. The third-order valence-electron chi connectivity index (χ3n) is 4.82. The number of hydrogen-bond acceptors (Lipinski definition) is 3. The highest BCUT2D eigenvalue weighted by molar-refractivity contribution is 5.91. The maximum absolute atomic E-state index is 12.1. The molecule has 2 heterocycles. The van der Waals surface area contributed by atoms with Gasteiger partial charge in [0.05, 0.1) is 18.5 Å². The van der Waals surface area contributed by atoms with E-state index >= 15 is 0 Å². The number of nitrogens with one attached hydrogen (secondary N) is 1. The molecule has 0 fully saturated rings. The van der Waals surface area contributed by atoms with E-state index in [0.29, 0.717) is 0 Å². The van der Waals surface area contributed by atoms with Crippen LogP contribution in [0.4, 0.5) is 0 Å². The molecule has 2 aromatic heterocycles. The minimum atomic E-state index is -0.951. The summed E-state index contributed by atoms with van der Waals surface area (Å²) in [5, 5.41) is 18.1. The van der Waals surface area contributed by atoms with Crippen LogP contribution < -0.4 is 0 Å². The topological polar surface area (TPSA) is 88.0 Å². The summed E-state index contributed by atoms with van der Waals surface area (Å²) in [5.74, 6) is -1.04. The largest absolute Gasteiger partial charge is 0.481 e. The lowest BCUT2D eigenvalue weighted by atomic mass is 10.0. The number of Topliss-reactive ketones (excluding diaryl/α,β-unsaturated/α-hetero) is 1. The molecule has 136 valence electrons. The van der Waals surface area contributed by atoms with Gasteiger partial charge in [-0.1, -0.05) is 18.2 Å². The Kier molecular flexibility index (Phi) is 4.24. The lowest BCUT2D eigenvalue weighted by molar-refractivity contribution is -0.138. The Bertz CT molecular complexity index is 1170. The van der Waals surface area contributed by atoms with Gasteiger partial charge in [0.15, 0.2) is 5.78 Å². The Labute approximate surface area is 155 Å². The SMILES string of the molecule is Cc1[nH]nc2ccc(-c3ccc4ccn(CC(=O)CCC(=O)O)c4c3)cc12. The number of rotatable bonds is 6. The Balaban J connectivity index is 1.67. The van der Waals surface area contributed by atoms with E-state index < -0.39 is 5.97 Å². The summed E-state index contributed by atoms with van der Waals surface area (Å²) in [6.45, 7) is 2.18. The van der Waals surface area contributed by atoms with Crippen molar-refractivity contribution in [2.45, 2.75) is 26.3 Å². The number of ketones is 1. The lowest BCUT2D eigenvalue weighted by Gasteiger charge is -2.07. The summed E-state index contributed by atoms with van der Waals surface area (Å²) in [5.41, 5.74) is 5.06. The van der Waals surface area contributed by atoms with Crippen LogP contribution >= 0.6 is 0 Å². The number of carbonyl (C=O) groups is 2. The molecule has 0 spiro atoms. The molecule has 0 atom stereocenters. The molecule has 6 nitrogen and oxygen atoms in total. The molecule has 4 rings (SSSR count). The molecular weight excluding hydrogens is 342 g/mol. The van der Waals surface area contributed by atoms with Crippen molar-refractivity contribution in [2.75, 3.05) is 0 Å². The normalized spacial score (nSPS) is 11.3. The smallest absolute Gasteiger partial charge is 0.303 e. The molecule has 0 aliphatic carbocycles. The second-order valence-corrected chi connectivity index (χ2v) is 6.73. The van der Waals surface area contributed by atoms with Crippen LogP contribution in [0.15, 0.2) is 48.7 Å². The Morgan fingerprint density at radius 1 is 1.07 bits per heavy atom. The van der Waals surface area contributed by atoms with E-state index in [-0.39, 0.29) is 25.2 Å². The zero-order chi connectivity index (χ0) is 19.0. The van der Waals surface area contributed by atoms with Crippen molar-refractivity contribution in [1.82, 2.24) is 14.8 Å². The van der Waals surface area contributed by atoms with Crippen LogP contribution in [0.5, 0.6) is 0 Å². The average Bonchev–Trinajstić information content (AvgIpc) is 3.23. The minimum Gasteiger partial charge on any atom is -0.481 e. The van der Waals surface area contributed by atoms with Crippen LogP contribution in [0, 0.1) is 6.92 Å². The van der Waals surface area contributed by atoms with Crippen LogP contribution in [0.1, 0.15) is 18.5 Å². The summed E-state index contributed by atoms with van der Waals surface area (Å²) < 4.78 is 1.88. The molecule has 27 heavy (non-hydrogen) atoms. The van der Waals surface area contributed by atoms with E-state index in [0.717, 1.165) is 38.6 Å². The van der Waals surface area contributed by atoms with Gasteiger partial charge in [0.2, 0.25) is 0 Å². The van der Waals surface area contributed by atoms with Crippen LogP contribution in [0.3, 0.4) is 0 Å². The molecule has 0 unspecified atom stereocenters. The number of aromatic nitrogens is 3. The maximum Gasteiger partial charge on any atom is 0.303 e. The van der Waals surface area contributed by atoms with Gasteiger partial charge < -0.3 is 9.67 Å². The van der Waals surface area contributed by atoms with E-state index in [1.807, 2.05) is 42.0 Å². The highest BCUT2D eigenvalue weighted by atomic mass is 16.4. The molecule has 2 N–H and O–H groups in total. The van der Waals surface area contributed by atoms with E-state index in [4.69, 9.17) is 5.11 Å². The van der Waals surface area contributed by atoms with E-state index in [2.05, 4.69) is 28.4 Å². The first-order valence-electron chi connectivity index (χ1n) is 8.79. The van der Waals surface area contributed by atoms with Gasteiger partial charge in [-0.2, -0.15) is 5.10 Å². The van der Waals surface area contributed by atoms with E-state index in [1.165, 1.54) is 0 Å². The number of carboxylic acid groups (broad SMARTS) is 1. The molecular formula is C21H19N3O3. The summed E-state index contributed by atoms with van der Waals surface area (Å²) >= 11 is 0. The number of carbonyl (C=O) groups excluding carboxylic acids is 1. The van der Waals surface area contributed by atoms with Gasteiger partial charge in [0, 0.05) is 29.2 Å². The predicted octanol–water partition coefficient (Wildman–Crippen LogP) is 3.93. The summed E-state index contributed by atoms with van der Waals surface area (Å²) in [7, 11) is 0. The van der Waals surface area contributed by atoms with Crippen LogP contribution in [0.25, 0.3) is 32.9 Å². The molecule has 0 saturated carbocycles.